The van der Waals surface area contributed by atoms with E-state index in [1.165, 1.54) is 12.1 Å². The summed E-state index contributed by atoms with van der Waals surface area (Å²) in [6.45, 7) is 4.52. The molecule has 0 fully saturated rings. The second-order valence-corrected chi connectivity index (χ2v) is 9.09. The van der Waals surface area contributed by atoms with Gasteiger partial charge in [0.25, 0.3) is 5.91 Å². The number of fused-ring (bicyclic) bond motifs is 1. The molecule has 2 aromatic carbocycles. The molecular weight excluding hydrogens is 443 g/mol. The lowest BCUT2D eigenvalue weighted by atomic mass is 10.2. The number of aryl methyl sites for hydroxylation is 2. The van der Waals surface area contributed by atoms with Crippen molar-refractivity contribution in [3.63, 3.8) is 0 Å². The van der Waals surface area contributed by atoms with Gasteiger partial charge in [0.05, 0.1) is 40.2 Å². The molecule has 0 bridgehead atoms. The Hall–Kier alpha value is -3.77. The summed E-state index contributed by atoms with van der Waals surface area (Å²) in [7, 11) is -4.34. The van der Waals surface area contributed by atoms with Crippen molar-refractivity contribution >= 4 is 35.8 Å². The van der Waals surface area contributed by atoms with E-state index < -0.39 is 7.60 Å². The van der Waals surface area contributed by atoms with Crippen LogP contribution in [0.1, 0.15) is 34.2 Å². The summed E-state index contributed by atoms with van der Waals surface area (Å²) in [5, 5.41) is 16.3. The van der Waals surface area contributed by atoms with Crippen LogP contribution >= 0.6 is 7.60 Å². The fourth-order valence-electron chi connectivity index (χ4n) is 3.57. The van der Waals surface area contributed by atoms with Gasteiger partial charge in [0.15, 0.2) is 0 Å². The molecule has 0 spiro atoms. The maximum atomic E-state index is 13.0. The summed E-state index contributed by atoms with van der Waals surface area (Å²) in [4.78, 5) is 36.2. The average molecular weight is 464 g/mol. The van der Waals surface area contributed by atoms with E-state index in [0.29, 0.717) is 28.8 Å². The van der Waals surface area contributed by atoms with Gasteiger partial charge in [-0.1, -0.05) is 12.1 Å². The molecular formula is C22H21N6O4P. The van der Waals surface area contributed by atoms with Crippen LogP contribution in [0.4, 0.5) is 5.95 Å². The molecule has 1 amide bonds. The van der Waals surface area contributed by atoms with Gasteiger partial charge in [-0.2, -0.15) is 10.4 Å². The summed E-state index contributed by atoms with van der Waals surface area (Å²) in [6, 6.07) is 14.8. The van der Waals surface area contributed by atoms with Crippen LogP contribution in [0.5, 0.6) is 0 Å². The molecule has 2 heterocycles. The molecule has 10 nitrogen and oxygen atoms in total. The lowest BCUT2D eigenvalue weighted by Crippen LogP contribution is -2.20. The molecule has 0 aliphatic carbocycles. The molecule has 0 saturated heterocycles. The number of nitrogens with zero attached hydrogens (tertiary/aromatic N) is 5. The van der Waals surface area contributed by atoms with E-state index in [1.807, 2.05) is 13.8 Å². The average Bonchev–Trinajstić information content (AvgIpc) is 3.33. The van der Waals surface area contributed by atoms with Crippen LogP contribution in [0.15, 0.2) is 48.5 Å². The molecule has 11 heteroatoms. The second kappa shape index (κ2) is 8.64. The third kappa shape index (κ3) is 4.56. The van der Waals surface area contributed by atoms with E-state index in [9.17, 15) is 24.4 Å². The highest BCUT2D eigenvalue weighted by Gasteiger charge is 2.20. The number of imidazole rings is 1. The Morgan fingerprint density at radius 1 is 1.18 bits per heavy atom. The standard InChI is InChI=1S/C22H21N6O4P/c1-3-28-20(10-14(2)26-28)21(29)25-22-24-18-11-16(12-23)6-9-19(18)27(22)13-15-4-7-17(8-5-15)33(30,31)32/h4-11H,3,13H2,1-2H3,(H,24,25,29)(H2,30,31,32). The highest BCUT2D eigenvalue weighted by atomic mass is 31.2. The van der Waals surface area contributed by atoms with Crippen LogP contribution in [-0.2, 0) is 17.7 Å². The molecule has 168 valence electrons. The first kappa shape index (κ1) is 22.4. The Balaban J connectivity index is 1.74. The predicted octanol–water partition coefficient (Wildman–Crippen LogP) is 2.54. The van der Waals surface area contributed by atoms with E-state index in [1.54, 1.807) is 45.6 Å². The number of rotatable bonds is 6. The van der Waals surface area contributed by atoms with Crippen molar-refractivity contribution in [1.82, 2.24) is 19.3 Å². The third-order valence-corrected chi connectivity index (χ3v) is 6.12. The summed E-state index contributed by atoms with van der Waals surface area (Å²) >= 11 is 0. The molecule has 4 aromatic rings. The fourth-order valence-corrected chi connectivity index (χ4v) is 4.11. The van der Waals surface area contributed by atoms with Crippen LogP contribution in [-0.4, -0.2) is 35.0 Å². The van der Waals surface area contributed by atoms with Crippen molar-refractivity contribution in [2.24, 2.45) is 0 Å². The van der Waals surface area contributed by atoms with Crippen molar-refractivity contribution in [3.8, 4) is 6.07 Å². The number of aromatic nitrogens is 4. The van der Waals surface area contributed by atoms with E-state index in [-0.39, 0.29) is 23.7 Å². The monoisotopic (exact) mass is 464 g/mol. The van der Waals surface area contributed by atoms with Gasteiger partial charge < -0.3 is 14.4 Å². The van der Waals surface area contributed by atoms with Crippen molar-refractivity contribution in [2.45, 2.75) is 26.9 Å². The van der Waals surface area contributed by atoms with Gasteiger partial charge >= 0.3 is 7.60 Å². The normalized spacial score (nSPS) is 11.5. The van der Waals surface area contributed by atoms with E-state index in [2.05, 4.69) is 21.5 Å². The van der Waals surface area contributed by atoms with Crippen LogP contribution in [0.3, 0.4) is 0 Å². The molecule has 4 rings (SSSR count). The fraction of sp³-hybridized carbons (Fsp3) is 0.182. The second-order valence-electron chi connectivity index (χ2n) is 7.49. The first-order valence-corrected chi connectivity index (χ1v) is 11.7. The first-order valence-electron chi connectivity index (χ1n) is 10.1. The molecule has 0 aliphatic rings. The third-order valence-electron chi connectivity index (χ3n) is 5.15. The Kier molecular flexibility index (Phi) is 5.87. The maximum Gasteiger partial charge on any atom is 0.356 e. The van der Waals surface area contributed by atoms with E-state index >= 15 is 0 Å². The lowest BCUT2D eigenvalue weighted by Gasteiger charge is -2.12. The Morgan fingerprint density at radius 2 is 1.91 bits per heavy atom. The number of amides is 1. The van der Waals surface area contributed by atoms with Gasteiger partial charge in [-0.05, 0) is 55.8 Å². The zero-order valence-corrected chi connectivity index (χ0v) is 18.8. The Labute approximate surface area is 189 Å². The first-order chi connectivity index (χ1) is 15.7. The highest BCUT2D eigenvalue weighted by Crippen LogP contribution is 2.33. The molecule has 3 N–H and O–H groups in total. The van der Waals surface area contributed by atoms with E-state index in [4.69, 9.17) is 0 Å². The van der Waals surface area contributed by atoms with Gasteiger partial charge in [-0.15, -0.1) is 0 Å². The number of anilines is 1. The molecule has 2 aromatic heterocycles. The largest absolute Gasteiger partial charge is 0.356 e. The maximum absolute atomic E-state index is 13.0. The molecule has 0 unspecified atom stereocenters. The van der Waals surface area contributed by atoms with Crippen LogP contribution in [0.2, 0.25) is 0 Å². The molecule has 0 atom stereocenters. The summed E-state index contributed by atoms with van der Waals surface area (Å²) < 4.78 is 14.8. The Bertz CT molecular complexity index is 1440. The zero-order chi connectivity index (χ0) is 23.8. The number of hydrogen-bond donors (Lipinski definition) is 3. The van der Waals surface area contributed by atoms with Crippen LogP contribution in [0.25, 0.3) is 11.0 Å². The van der Waals surface area contributed by atoms with Gasteiger partial charge in [0.2, 0.25) is 5.95 Å². The van der Waals surface area contributed by atoms with Crippen LogP contribution < -0.4 is 10.6 Å². The van der Waals surface area contributed by atoms with Gasteiger partial charge in [-0.3, -0.25) is 19.4 Å². The van der Waals surface area contributed by atoms with Crippen LogP contribution in [0, 0.1) is 18.3 Å². The smallest absolute Gasteiger partial charge is 0.321 e. The van der Waals surface area contributed by atoms with Gasteiger partial charge in [0.1, 0.15) is 5.69 Å². The molecule has 0 saturated carbocycles. The summed E-state index contributed by atoms with van der Waals surface area (Å²) in [5.41, 5.74) is 3.55. The Morgan fingerprint density at radius 3 is 2.55 bits per heavy atom. The SMILES string of the molecule is CCn1nc(C)cc1C(=O)Nc1nc2cc(C#N)ccc2n1Cc1ccc(P(=O)(O)O)cc1. The minimum atomic E-state index is -4.34. The van der Waals surface area contributed by atoms with Crippen molar-refractivity contribution in [1.29, 1.82) is 5.26 Å². The molecule has 0 radical (unpaired) electrons. The number of nitriles is 1. The van der Waals surface area contributed by atoms with Gasteiger partial charge in [-0.25, -0.2) is 4.98 Å². The van der Waals surface area contributed by atoms with E-state index in [0.717, 1.165) is 11.3 Å². The van der Waals surface area contributed by atoms with Crippen molar-refractivity contribution in [3.05, 3.63) is 71.0 Å². The number of nitrogens with one attached hydrogen (secondary N) is 1. The quantitative estimate of drug-likeness (QED) is 0.372. The summed E-state index contributed by atoms with van der Waals surface area (Å²) in [5.74, 6) is -0.0861. The highest BCUT2D eigenvalue weighted by molar-refractivity contribution is 7.60. The minimum absolute atomic E-state index is 0.0721. The number of hydrogen-bond acceptors (Lipinski definition) is 5. The number of carbonyl (C=O) groups is 1. The lowest BCUT2D eigenvalue weighted by molar-refractivity contribution is 0.101. The van der Waals surface area contributed by atoms with Gasteiger partial charge in [0, 0.05) is 6.54 Å². The zero-order valence-electron chi connectivity index (χ0n) is 17.9. The number of benzene rings is 2. The van der Waals surface area contributed by atoms with Crippen molar-refractivity contribution in [2.75, 3.05) is 5.32 Å². The number of carbonyl (C=O) groups excluding carboxylic acids is 1. The topological polar surface area (TPSA) is 146 Å². The molecule has 0 aliphatic heterocycles. The predicted molar refractivity (Wildman–Crippen MR) is 122 cm³/mol. The van der Waals surface area contributed by atoms with Crippen molar-refractivity contribution < 1.29 is 19.1 Å². The summed E-state index contributed by atoms with van der Waals surface area (Å²) in [6.07, 6.45) is 0. The molecule has 33 heavy (non-hydrogen) atoms. The minimum Gasteiger partial charge on any atom is -0.321 e.